The molecule has 2 fully saturated rings. The zero-order chi connectivity index (χ0) is 14.5. The lowest BCUT2D eigenvalue weighted by atomic mass is 10.2. The second-order valence-corrected chi connectivity index (χ2v) is 5.61. The summed E-state index contributed by atoms with van der Waals surface area (Å²) in [7, 11) is 0. The van der Waals surface area contributed by atoms with Gasteiger partial charge in [-0.1, -0.05) is 12.1 Å². The van der Waals surface area contributed by atoms with E-state index in [-0.39, 0.29) is 5.91 Å². The molecular weight excluding hydrogens is 268 g/mol. The fraction of sp³-hybridized carbons (Fsp3) is 0.562. The number of ether oxygens (including phenoxy) is 2. The van der Waals surface area contributed by atoms with Crippen molar-refractivity contribution in [2.24, 2.45) is 0 Å². The van der Waals surface area contributed by atoms with Crippen LogP contribution in [-0.2, 0) is 20.8 Å². The van der Waals surface area contributed by atoms with Gasteiger partial charge in [-0.25, -0.2) is 0 Å². The molecule has 1 aromatic rings. The molecule has 0 radical (unpaired) electrons. The third-order valence-electron chi connectivity index (χ3n) is 3.91. The largest absolute Gasteiger partial charge is 0.376 e. The van der Waals surface area contributed by atoms with Gasteiger partial charge in [-0.15, -0.1) is 0 Å². The monoisotopic (exact) mass is 290 g/mol. The number of benzene rings is 1. The van der Waals surface area contributed by atoms with E-state index in [0.717, 1.165) is 12.2 Å². The molecule has 3 rings (SSSR count). The molecule has 0 unspecified atom stereocenters. The molecule has 0 aromatic heterocycles. The topological polar surface area (TPSA) is 50.8 Å². The van der Waals surface area contributed by atoms with Crippen molar-refractivity contribution in [2.45, 2.75) is 25.5 Å². The van der Waals surface area contributed by atoms with Gasteiger partial charge in [0.05, 0.1) is 19.8 Å². The average molecular weight is 290 g/mol. The van der Waals surface area contributed by atoms with Crippen molar-refractivity contribution in [1.29, 1.82) is 0 Å². The van der Waals surface area contributed by atoms with E-state index >= 15 is 0 Å². The lowest BCUT2D eigenvalue weighted by Gasteiger charge is -2.22. The molecule has 0 aliphatic carbocycles. The Kier molecular flexibility index (Phi) is 4.85. The Hall–Kier alpha value is -1.43. The third-order valence-corrected chi connectivity index (χ3v) is 3.91. The van der Waals surface area contributed by atoms with E-state index in [0.29, 0.717) is 19.8 Å². The molecule has 2 saturated heterocycles. The lowest BCUT2D eigenvalue weighted by molar-refractivity contribution is -0.142. The number of hydrogen-bond acceptors (Lipinski definition) is 4. The summed E-state index contributed by atoms with van der Waals surface area (Å²) in [6, 6.07) is 8.04. The molecule has 0 spiro atoms. The predicted molar refractivity (Wildman–Crippen MR) is 80.1 cm³/mol. The zero-order valence-corrected chi connectivity index (χ0v) is 12.2. The SMILES string of the molecule is O=C(Nc1cccc(CN2CCCC2)c1)[C@@H]1COCCO1. The maximum Gasteiger partial charge on any atom is 0.255 e. The highest BCUT2D eigenvalue weighted by Crippen LogP contribution is 2.16. The van der Waals surface area contributed by atoms with E-state index in [1.807, 2.05) is 18.2 Å². The highest BCUT2D eigenvalue weighted by Gasteiger charge is 2.22. The molecule has 0 bridgehead atoms. The van der Waals surface area contributed by atoms with Crippen LogP contribution >= 0.6 is 0 Å². The maximum absolute atomic E-state index is 12.1. The summed E-state index contributed by atoms with van der Waals surface area (Å²) in [6.45, 7) is 4.67. The van der Waals surface area contributed by atoms with Crippen LogP contribution in [0.25, 0.3) is 0 Å². The Morgan fingerprint density at radius 2 is 2.14 bits per heavy atom. The first-order valence-corrected chi connectivity index (χ1v) is 7.63. The van der Waals surface area contributed by atoms with Gasteiger partial charge < -0.3 is 14.8 Å². The number of likely N-dealkylation sites (tertiary alicyclic amines) is 1. The van der Waals surface area contributed by atoms with Crippen molar-refractivity contribution in [3.8, 4) is 0 Å². The molecule has 2 heterocycles. The first-order valence-electron chi connectivity index (χ1n) is 7.63. The molecule has 5 nitrogen and oxygen atoms in total. The molecule has 21 heavy (non-hydrogen) atoms. The standard InChI is InChI=1S/C16H22N2O3/c19-16(15-12-20-8-9-21-15)17-14-5-3-4-13(10-14)11-18-6-1-2-7-18/h3-5,10,15H,1-2,6-9,11-12H2,(H,17,19)/t15-/m0/s1. The molecule has 1 atom stereocenters. The molecule has 1 amide bonds. The Morgan fingerprint density at radius 1 is 1.29 bits per heavy atom. The summed E-state index contributed by atoms with van der Waals surface area (Å²) in [4.78, 5) is 14.5. The second-order valence-electron chi connectivity index (χ2n) is 5.61. The summed E-state index contributed by atoms with van der Waals surface area (Å²) < 4.78 is 10.7. The molecule has 2 aliphatic heterocycles. The minimum atomic E-state index is -0.499. The summed E-state index contributed by atoms with van der Waals surface area (Å²) in [6.07, 6.45) is 2.08. The normalized spacial score (nSPS) is 23.1. The van der Waals surface area contributed by atoms with E-state index in [2.05, 4.69) is 16.3 Å². The quantitative estimate of drug-likeness (QED) is 0.916. The smallest absolute Gasteiger partial charge is 0.255 e. The van der Waals surface area contributed by atoms with Crippen molar-refractivity contribution in [2.75, 3.05) is 38.2 Å². The fourth-order valence-electron chi connectivity index (χ4n) is 2.81. The molecule has 5 heteroatoms. The maximum atomic E-state index is 12.1. The van der Waals surface area contributed by atoms with Crippen molar-refractivity contribution in [3.63, 3.8) is 0 Å². The van der Waals surface area contributed by atoms with Gasteiger partial charge in [0.25, 0.3) is 5.91 Å². The second kappa shape index (κ2) is 7.02. The number of carbonyl (C=O) groups excluding carboxylic acids is 1. The number of rotatable bonds is 4. The first-order chi connectivity index (χ1) is 10.3. The van der Waals surface area contributed by atoms with E-state index in [1.54, 1.807) is 0 Å². The van der Waals surface area contributed by atoms with Gasteiger partial charge in [-0.2, -0.15) is 0 Å². The Labute approximate surface area is 125 Å². The zero-order valence-electron chi connectivity index (χ0n) is 12.2. The van der Waals surface area contributed by atoms with E-state index in [9.17, 15) is 4.79 Å². The summed E-state index contributed by atoms with van der Waals surface area (Å²) in [5, 5.41) is 2.91. The van der Waals surface area contributed by atoms with Crippen LogP contribution in [-0.4, -0.2) is 49.8 Å². The van der Waals surface area contributed by atoms with Crippen molar-refractivity contribution >= 4 is 11.6 Å². The third kappa shape index (κ3) is 4.03. The van der Waals surface area contributed by atoms with Crippen LogP contribution in [0.1, 0.15) is 18.4 Å². The minimum absolute atomic E-state index is 0.131. The highest BCUT2D eigenvalue weighted by molar-refractivity contribution is 5.94. The number of amides is 1. The van der Waals surface area contributed by atoms with Crippen LogP contribution in [0.5, 0.6) is 0 Å². The molecular formula is C16H22N2O3. The Balaban J connectivity index is 1.58. The van der Waals surface area contributed by atoms with Crippen LogP contribution in [0.15, 0.2) is 24.3 Å². The van der Waals surface area contributed by atoms with Gasteiger partial charge in [0.1, 0.15) is 0 Å². The predicted octanol–water partition coefficient (Wildman–Crippen LogP) is 1.64. The molecule has 114 valence electrons. The van der Waals surface area contributed by atoms with Crippen LogP contribution in [0.3, 0.4) is 0 Å². The molecule has 1 N–H and O–H groups in total. The van der Waals surface area contributed by atoms with Gasteiger partial charge in [-0.05, 0) is 43.6 Å². The van der Waals surface area contributed by atoms with Crippen LogP contribution in [0.4, 0.5) is 5.69 Å². The van der Waals surface area contributed by atoms with E-state index in [1.165, 1.54) is 31.5 Å². The van der Waals surface area contributed by atoms with Gasteiger partial charge in [0.15, 0.2) is 6.10 Å². The molecule has 1 aromatic carbocycles. The summed E-state index contributed by atoms with van der Waals surface area (Å²) in [5.41, 5.74) is 2.06. The van der Waals surface area contributed by atoms with Crippen molar-refractivity contribution in [1.82, 2.24) is 4.90 Å². The van der Waals surface area contributed by atoms with E-state index < -0.39 is 6.10 Å². The fourth-order valence-corrected chi connectivity index (χ4v) is 2.81. The van der Waals surface area contributed by atoms with Gasteiger partial charge in [0, 0.05) is 12.2 Å². The molecule has 2 aliphatic rings. The first kappa shape index (κ1) is 14.5. The van der Waals surface area contributed by atoms with Gasteiger partial charge in [0.2, 0.25) is 0 Å². The van der Waals surface area contributed by atoms with E-state index in [4.69, 9.17) is 9.47 Å². The molecule has 0 saturated carbocycles. The lowest BCUT2D eigenvalue weighted by Crippen LogP contribution is -2.39. The minimum Gasteiger partial charge on any atom is -0.376 e. The number of anilines is 1. The van der Waals surface area contributed by atoms with Crippen LogP contribution in [0.2, 0.25) is 0 Å². The Morgan fingerprint density at radius 3 is 2.90 bits per heavy atom. The van der Waals surface area contributed by atoms with Crippen molar-refractivity contribution < 1.29 is 14.3 Å². The summed E-state index contributed by atoms with van der Waals surface area (Å²) >= 11 is 0. The highest BCUT2D eigenvalue weighted by atomic mass is 16.6. The summed E-state index contributed by atoms with van der Waals surface area (Å²) in [5.74, 6) is -0.131. The van der Waals surface area contributed by atoms with Crippen LogP contribution < -0.4 is 5.32 Å². The number of nitrogens with zero attached hydrogens (tertiary/aromatic N) is 1. The number of hydrogen-bond donors (Lipinski definition) is 1. The number of nitrogens with one attached hydrogen (secondary N) is 1. The average Bonchev–Trinajstić information content (AvgIpc) is 3.01. The Bertz CT molecular complexity index is 480. The number of carbonyl (C=O) groups is 1. The van der Waals surface area contributed by atoms with Crippen molar-refractivity contribution in [3.05, 3.63) is 29.8 Å². The van der Waals surface area contributed by atoms with Crippen LogP contribution in [0, 0.1) is 0 Å². The van der Waals surface area contributed by atoms with Gasteiger partial charge in [-0.3, -0.25) is 9.69 Å². The van der Waals surface area contributed by atoms with Gasteiger partial charge >= 0.3 is 0 Å².